The molecule has 1 aliphatic rings. The molecule has 138 valence electrons. The second-order valence-electron chi connectivity index (χ2n) is 6.32. The summed E-state index contributed by atoms with van der Waals surface area (Å²) in [7, 11) is 2.89. The number of methoxy groups -OCH3 is 2. The number of ether oxygens (including phenoxy) is 2. The predicted molar refractivity (Wildman–Crippen MR) is 92.9 cm³/mol. The molecular weight excluding hydrogens is 326 g/mol. The molecule has 1 aromatic carbocycles. The molecule has 0 unspecified atom stereocenters. The Morgan fingerprint density at radius 3 is 2.40 bits per heavy atom. The van der Waals surface area contributed by atoms with Gasteiger partial charge in [0.1, 0.15) is 0 Å². The SMILES string of the molecule is COc1cc(CCNC(=O)C2(N)CCCCC2)c([N+](=O)[O-])cc1OC. The summed E-state index contributed by atoms with van der Waals surface area (Å²) in [6, 6.07) is 2.91. The molecule has 1 saturated carbocycles. The van der Waals surface area contributed by atoms with Gasteiger partial charge in [0.2, 0.25) is 5.91 Å². The molecule has 0 aliphatic heterocycles. The van der Waals surface area contributed by atoms with Crippen molar-refractivity contribution in [3.63, 3.8) is 0 Å². The number of nitrogens with zero attached hydrogens (tertiary/aromatic N) is 1. The minimum Gasteiger partial charge on any atom is -0.493 e. The normalized spacial score (nSPS) is 16.1. The highest BCUT2D eigenvalue weighted by molar-refractivity contribution is 5.86. The first-order valence-corrected chi connectivity index (χ1v) is 8.38. The monoisotopic (exact) mass is 351 g/mol. The fraction of sp³-hybridized carbons (Fsp3) is 0.588. The third-order valence-electron chi connectivity index (χ3n) is 4.66. The van der Waals surface area contributed by atoms with Crippen LogP contribution in [0, 0.1) is 10.1 Å². The lowest BCUT2D eigenvalue weighted by Crippen LogP contribution is -2.55. The first-order valence-electron chi connectivity index (χ1n) is 8.38. The number of carbonyl (C=O) groups is 1. The summed E-state index contributed by atoms with van der Waals surface area (Å²) in [5.74, 6) is 0.525. The van der Waals surface area contributed by atoms with Gasteiger partial charge < -0.3 is 20.5 Å². The van der Waals surface area contributed by atoms with Gasteiger partial charge in [-0.3, -0.25) is 14.9 Å². The number of nitro groups is 1. The van der Waals surface area contributed by atoms with Crippen molar-refractivity contribution in [2.24, 2.45) is 5.73 Å². The van der Waals surface area contributed by atoms with Gasteiger partial charge in [0.05, 0.1) is 30.7 Å². The van der Waals surface area contributed by atoms with Crippen LogP contribution >= 0.6 is 0 Å². The van der Waals surface area contributed by atoms with Crippen LogP contribution in [0.2, 0.25) is 0 Å². The minimum absolute atomic E-state index is 0.0629. The van der Waals surface area contributed by atoms with Crippen molar-refractivity contribution < 1.29 is 19.2 Å². The molecule has 0 heterocycles. The van der Waals surface area contributed by atoms with E-state index >= 15 is 0 Å². The molecule has 1 aliphatic carbocycles. The van der Waals surface area contributed by atoms with Gasteiger partial charge in [-0.1, -0.05) is 19.3 Å². The average molecular weight is 351 g/mol. The van der Waals surface area contributed by atoms with Crippen molar-refractivity contribution in [2.45, 2.75) is 44.1 Å². The average Bonchev–Trinajstić information content (AvgIpc) is 2.61. The standard InChI is InChI=1S/C17H25N3O5/c1-24-14-10-12(13(20(22)23)11-15(14)25-2)6-9-19-16(21)17(18)7-4-3-5-8-17/h10-11H,3-9,18H2,1-2H3,(H,19,21). The minimum atomic E-state index is -0.818. The molecule has 0 aromatic heterocycles. The van der Waals surface area contributed by atoms with Gasteiger partial charge in [-0.05, 0) is 25.3 Å². The number of carbonyl (C=O) groups excluding carboxylic acids is 1. The van der Waals surface area contributed by atoms with E-state index in [2.05, 4.69) is 5.32 Å². The van der Waals surface area contributed by atoms with Gasteiger partial charge in [0.25, 0.3) is 5.69 Å². The summed E-state index contributed by atoms with van der Waals surface area (Å²) in [4.78, 5) is 23.2. The van der Waals surface area contributed by atoms with E-state index in [9.17, 15) is 14.9 Å². The molecule has 0 radical (unpaired) electrons. The van der Waals surface area contributed by atoms with Crippen LogP contribution in [0.1, 0.15) is 37.7 Å². The van der Waals surface area contributed by atoms with Crippen LogP contribution in [0.4, 0.5) is 5.69 Å². The number of benzene rings is 1. The zero-order valence-corrected chi connectivity index (χ0v) is 14.7. The first-order chi connectivity index (χ1) is 11.9. The van der Waals surface area contributed by atoms with E-state index in [0.717, 1.165) is 19.3 Å². The fourth-order valence-electron chi connectivity index (χ4n) is 3.18. The highest BCUT2D eigenvalue weighted by Gasteiger charge is 2.35. The topological polar surface area (TPSA) is 117 Å². The van der Waals surface area contributed by atoms with E-state index in [1.54, 1.807) is 6.07 Å². The number of nitro benzene ring substituents is 1. The smallest absolute Gasteiger partial charge is 0.276 e. The summed E-state index contributed by atoms with van der Waals surface area (Å²) >= 11 is 0. The Morgan fingerprint density at radius 1 is 1.24 bits per heavy atom. The lowest BCUT2D eigenvalue weighted by molar-refractivity contribution is -0.385. The van der Waals surface area contributed by atoms with E-state index in [0.29, 0.717) is 36.3 Å². The van der Waals surface area contributed by atoms with Gasteiger partial charge >= 0.3 is 0 Å². The molecule has 0 atom stereocenters. The van der Waals surface area contributed by atoms with Gasteiger partial charge in [-0.15, -0.1) is 0 Å². The van der Waals surface area contributed by atoms with Crippen molar-refractivity contribution in [3.05, 3.63) is 27.8 Å². The molecule has 2 rings (SSSR count). The molecular formula is C17H25N3O5. The van der Waals surface area contributed by atoms with Gasteiger partial charge in [-0.2, -0.15) is 0 Å². The van der Waals surface area contributed by atoms with E-state index in [1.165, 1.54) is 20.3 Å². The third kappa shape index (κ3) is 4.39. The van der Waals surface area contributed by atoms with Gasteiger partial charge in [0.15, 0.2) is 11.5 Å². The predicted octanol–water partition coefficient (Wildman–Crippen LogP) is 1.93. The van der Waals surface area contributed by atoms with Crippen molar-refractivity contribution in [1.82, 2.24) is 5.32 Å². The van der Waals surface area contributed by atoms with Gasteiger partial charge in [-0.25, -0.2) is 0 Å². The summed E-state index contributed by atoms with van der Waals surface area (Å²) in [5, 5.41) is 14.1. The van der Waals surface area contributed by atoms with Crippen LogP contribution in [-0.4, -0.2) is 37.1 Å². The summed E-state index contributed by atoms with van der Waals surface area (Å²) in [6.45, 7) is 0.272. The number of hydrogen-bond donors (Lipinski definition) is 2. The third-order valence-corrected chi connectivity index (χ3v) is 4.66. The molecule has 0 bridgehead atoms. The Hall–Kier alpha value is -2.35. The van der Waals surface area contributed by atoms with Crippen molar-refractivity contribution in [3.8, 4) is 11.5 Å². The molecule has 0 spiro atoms. The lowest BCUT2D eigenvalue weighted by atomic mass is 9.82. The Balaban J connectivity index is 2.06. The second-order valence-corrected chi connectivity index (χ2v) is 6.32. The maximum Gasteiger partial charge on any atom is 0.276 e. The molecule has 1 aromatic rings. The van der Waals surface area contributed by atoms with Gasteiger partial charge in [0, 0.05) is 12.1 Å². The number of nitrogens with two attached hydrogens (primary N) is 1. The number of nitrogens with one attached hydrogen (secondary N) is 1. The summed E-state index contributed by atoms with van der Waals surface area (Å²) in [5.41, 5.74) is 5.78. The van der Waals surface area contributed by atoms with Crippen LogP contribution in [0.3, 0.4) is 0 Å². The van der Waals surface area contributed by atoms with Crippen LogP contribution in [0.5, 0.6) is 11.5 Å². The Labute approximate surface area is 146 Å². The number of hydrogen-bond acceptors (Lipinski definition) is 6. The Kier molecular flexibility index (Phi) is 6.19. The highest BCUT2D eigenvalue weighted by atomic mass is 16.6. The molecule has 1 fully saturated rings. The maximum atomic E-state index is 12.3. The van der Waals surface area contributed by atoms with E-state index < -0.39 is 10.5 Å². The summed E-state index contributed by atoms with van der Waals surface area (Å²) in [6.07, 6.45) is 4.66. The quantitative estimate of drug-likeness (QED) is 0.573. The highest BCUT2D eigenvalue weighted by Crippen LogP contribution is 2.34. The molecule has 8 nitrogen and oxygen atoms in total. The zero-order valence-electron chi connectivity index (χ0n) is 14.7. The van der Waals surface area contributed by atoms with Crippen molar-refractivity contribution >= 4 is 11.6 Å². The first kappa shape index (κ1) is 19.0. The number of rotatable bonds is 7. The zero-order chi connectivity index (χ0) is 18.4. The molecule has 25 heavy (non-hydrogen) atoms. The molecule has 3 N–H and O–H groups in total. The largest absolute Gasteiger partial charge is 0.493 e. The Bertz CT molecular complexity index is 641. The molecule has 8 heteroatoms. The lowest BCUT2D eigenvalue weighted by Gasteiger charge is -2.31. The van der Waals surface area contributed by atoms with Crippen LogP contribution < -0.4 is 20.5 Å². The maximum absolute atomic E-state index is 12.3. The van der Waals surface area contributed by atoms with Crippen molar-refractivity contribution in [1.29, 1.82) is 0 Å². The van der Waals surface area contributed by atoms with Crippen LogP contribution in [0.25, 0.3) is 0 Å². The van der Waals surface area contributed by atoms with E-state index in [1.807, 2.05) is 0 Å². The summed E-state index contributed by atoms with van der Waals surface area (Å²) < 4.78 is 10.3. The fourth-order valence-corrected chi connectivity index (χ4v) is 3.18. The molecule has 1 amide bonds. The number of amides is 1. The Morgan fingerprint density at radius 2 is 1.84 bits per heavy atom. The van der Waals surface area contributed by atoms with Crippen molar-refractivity contribution in [2.75, 3.05) is 20.8 Å². The van der Waals surface area contributed by atoms with Crippen LogP contribution in [-0.2, 0) is 11.2 Å². The van der Waals surface area contributed by atoms with E-state index in [-0.39, 0.29) is 18.1 Å². The second kappa shape index (κ2) is 8.15. The van der Waals surface area contributed by atoms with Crippen LogP contribution in [0.15, 0.2) is 12.1 Å². The molecule has 0 saturated heterocycles. The van der Waals surface area contributed by atoms with E-state index in [4.69, 9.17) is 15.2 Å².